The van der Waals surface area contributed by atoms with E-state index in [1.807, 2.05) is 18.7 Å². The minimum atomic E-state index is -4.87. The quantitative estimate of drug-likeness (QED) is 0.622. The van der Waals surface area contributed by atoms with Gasteiger partial charge in [-0.05, 0) is 25.3 Å². The molecule has 0 heterocycles. The molecule has 1 fully saturated rings. The molecule has 0 amide bonds. The van der Waals surface area contributed by atoms with Crippen molar-refractivity contribution in [2.45, 2.75) is 32.7 Å². The summed E-state index contributed by atoms with van der Waals surface area (Å²) in [6.07, 6.45) is 2.07. The number of nitrogens with zero attached hydrogens (tertiary/aromatic N) is 1. The standard InChI is InChI=1S/C10H18BF3N/c1-8(2)6-15(10-4-5-10)7-9(3)11(12,13)14/h8,10H,3-7H2,1-2H3/q-1. The minimum Gasteiger partial charge on any atom is -0.445 e. The van der Waals surface area contributed by atoms with Crippen molar-refractivity contribution >= 4 is 6.98 Å². The Bertz CT molecular complexity index is 233. The first-order chi connectivity index (χ1) is 6.80. The van der Waals surface area contributed by atoms with E-state index in [0.29, 0.717) is 12.0 Å². The fraction of sp³-hybridized carbons (Fsp3) is 0.800. The Morgan fingerprint density at radius 1 is 1.40 bits per heavy atom. The Labute approximate surface area is 89.4 Å². The maximum absolute atomic E-state index is 12.4. The van der Waals surface area contributed by atoms with Crippen LogP contribution in [0, 0.1) is 5.92 Å². The van der Waals surface area contributed by atoms with Crippen molar-refractivity contribution < 1.29 is 12.9 Å². The fourth-order valence-electron chi connectivity index (χ4n) is 1.62. The zero-order chi connectivity index (χ0) is 11.6. The summed E-state index contributed by atoms with van der Waals surface area (Å²) in [6.45, 7) is 3.05. The van der Waals surface area contributed by atoms with Gasteiger partial charge in [0.1, 0.15) is 0 Å². The molecule has 0 unspecified atom stereocenters. The molecular formula is C10H18BF3N-. The lowest BCUT2D eigenvalue weighted by molar-refractivity contribution is 0.253. The van der Waals surface area contributed by atoms with E-state index in [1.165, 1.54) is 0 Å². The van der Waals surface area contributed by atoms with Crippen LogP contribution in [0.5, 0.6) is 0 Å². The molecule has 15 heavy (non-hydrogen) atoms. The summed E-state index contributed by atoms with van der Waals surface area (Å²) in [6, 6.07) is 0.363. The second kappa shape index (κ2) is 4.60. The largest absolute Gasteiger partial charge is 0.506 e. The fourth-order valence-corrected chi connectivity index (χ4v) is 1.62. The van der Waals surface area contributed by atoms with Crippen molar-refractivity contribution in [2.24, 2.45) is 5.92 Å². The third-order valence-electron chi connectivity index (χ3n) is 2.53. The van der Waals surface area contributed by atoms with Gasteiger partial charge in [-0.15, -0.1) is 12.1 Å². The molecule has 0 aromatic rings. The molecule has 0 aromatic carbocycles. The van der Waals surface area contributed by atoms with E-state index in [-0.39, 0.29) is 6.54 Å². The molecule has 0 atom stereocenters. The lowest BCUT2D eigenvalue weighted by Gasteiger charge is -2.28. The lowest BCUT2D eigenvalue weighted by atomic mass is 9.80. The van der Waals surface area contributed by atoms with Crippen LogP contribution in [0.25, 0.3) is 0 Å². The molecule has 0 aliphatic heterocycles. The molecule has 0 N–H and O–H groups in total. The average Bonchev–Trinajstić information content (AvgIpc) is 2.81. The molecule has 1 saturated carbocycles. The summed E-state index contributed by atoms with van der Waals surface area (Å²) in [5.74, 6) is 0.402. The van der Waals surface area contributed by atoms with Crippen LogP contribution < -0.4 is 0 Å². The highest BCUT2D eigenvalue weighted by Crippen LogP contribution is 2.30. The molecule has 88 valence electrons. The average molecular weight is 220 g/mol. The normalized spacial score (nSPS) is 17.5. The van der Waals surface area contributed by atoms with Crippen molar-refractivity contribution in [3.8, 4) is 0 Å². The Morgan fingerprint density at radius 3 is 2.27 bits per heavy atom. The molecular weight excluding hydrogens is 202 g/mol. The molecule has 0 radical (unpaired) electrons. The summed E-state index contributed by atoms with van der Waals surface area (Å²) in [4.78, 5) is 1.92. The predicted molar refractivity (Wildman–Crippen MR) is 57.7 cm³/mol. The maximum atomic E-state index is 12.4. The van der Waals surface area contributed by atoms with Crippen LogP contribution in [0.1, 0.15) is 26.7 Å². The molecule has 0 saturated heterocycles. The van der Waals surface area contributed by atoms with Crippen LogP contribution >= 0.6 is 0 Å². The SMILES string of the molecule is C=C(CN(CC(C)C)C1CC1)[B-](F)(F)F. The summed E-state index contributed by atoms with van der Waals surface area (Å²) in [7, 11) is 0. The first-order valence-electron chi connectivity index (χ1n) is 5.42. The van der Waals surface area contributed by atoms with Gasteiger partial charge >= 0.3 is 6.98 Å². The molecule has 0 spiro atoms. The summed E-state index contributed by atoms with van der Waals surface area (Å²) < 4.78 is 37.1. The van der Waals surface area contributed by atoms with Crippen LogP contribution in [0.2, 0.25) is 0 Å². The second-order valence-electron chi connectivity index (χ2n) is 4.79. The predicted octanol–water partition coefficient (Wildman–Crippen LogP) is 3.05. The first-order valence-corrected chi connectivity index (χ1v) is 5.42. The van der Waals surface area contributed by atoms with Gasteiger partial charge in [-0.2, -0.15) is 0 Å². The van der Waals surface area contributed by atoms with Gasteiger partial charge in [0.2, 0.25) is 0 Å². The molecule has 5 heteroatoms. The summed E-state index contributed by atoms with van der Waals surface area (Å²) in [5.41, 5.74) is -0.567. The first kappa shape index (κ1) is 12.6. The number of hydrogen-bond acceptors (Lipinski definition) is 1. The highest BCUT2D eigenvalue weighted by Gasteiger charge is 2.33. The van der Waals surface area contributed by atoms with E-state index >= 15 is 0 Å². The zero-order valence-corrected chi connectivity index (χ0v) is 9.35. The van der Waals surface area contributed by atoms with Crippen LogP contribution in [0.3, 0.4) is 0 Å². The van der Waals surface area contributed by atoms with Gasteiger partial charge in [-0.1, -0.05) is 13.8 Å². The Balaban J connectivity index is 2.47. The van der Waals surface area contributed by atoms with Crippen molar-refractivity contribution in [3.05, 3.63) is 12.1 Å². The van der Waals surface area contributed by atoms with E-state index in [1.54, 1.807) is 0 Å². The molecule has 0 aromatic heterocycles. The van der Waals surface area contributed by atoms with Crippen LogP contribution in [-0.2, 0) is 0 Å². The summed E-state index contributed by atoms with van der Waals surface area (Å²) in [5, 5.41) is 0. The number of rotatable bonds is 6. The van der Waals surface area contributed by atoms with E-state index < -0.39 is 12.4 Å². The van der Waals surface area contributed by atoms with Gasteiger partial charge in [0.05, 0.1) is 0 Å². The van der Waals surface area contributed by atoms with Crippen molar-refractivity contribution in [2.75, 3.05) is 13.1 Å². The van der Waals surface area contributed by atoms with Gasteiger partial charge < -0.3 is 12.9 Å². The number of hydrogen-bond donors (Lipinski definition) is 0. The molecule has 1 nitrogen and oxygen atoms in total. The molecule has 1 aliphatic rings. The van der Waals surface area contributed by atoms with Gasteiger partial charge in [0, 0.05) is 12.6 Å². The number of halogens is 3. The third-order valence-corrected chi connectivity index (χ3v) is 2.53. The second-order valence-corrected chi connectivity index (χ2v) is 4.79. The van der Waals surface area contributed by atoms with Crippen LogP contribution in [0.15, 0.2) is 12.1 Å². The summed E-state index contributed by atoms with van der Waals surface area (Å²) >= 11 is 0. The maximum Gasteiger partial charge on any atom is 0.506 e. The van der Waals surface area contributed by atoms with Crippen LogP contribution in [-0.4, -0.2) is 31.0 Å². The minimum absolute atomic E-state index is 0.00759. The molecule has 1 aliphatic carbocycles. The van der Waals surface area contributed by atoms with Crippen molar-refractivity contribution in [1.82, 2.24) is 4.90 Å². The lowest BCUT2D eigenvalue weighted by Crippen LogP contribution is -2.36. The van der Waals surface area contributed by atoms with E-state index in [2.05, 4.69) is 6.58 Å². The van der Waals surface area contributed by atoms with Crippen LogP contribution in [0.4, 0.5) is 12.9 Å². The van der Waals surface area contributed by atoms with Gasteiger partial charge in [0.15, 0.2) is 0 Å². The zero-order valence-electron chi connectivity index (χ0n) is 9.35. The van der Waals surface area contributed by atoms with Crippen molar-refractivity contribution in [1.29, 1.82) is 0 Å². The third kappa shape index (κ3) is 4.28. The van der Waals surface area contributed by atoms with E-state index in [9.17, 15) is 12.9 Å². The molecule has 1 rings (SSSR count). The topological polar surface area (TPSA) is 3.24 Å². The highest BCUT2D eigenvalue weighted by molar-refractivity contribution is 6.66. The monoisotopic (exact) mass is 220 g/mol. The van der Waals surface area contributed by atoms with E-state index in [0.717, 1.165) is 19.4 Å². The van der Waals surface area contributed by atoms with Gasteiger partial charge in [0.25, 0.3) is 0 Å². The Kier molecular flexibility index (Phi) is 3.87. The van der Waals surface area contributed by atoms with E-state index in [4.69, 9.17) is 0 Å². The van der Waals surface area contributed by atoms with Gasteiger partial charge in [-0.3, -0.25) is 4.90 Å². The Hall–Kier alpha value is -0.445. The van der Waals surface area contributed by atoms with Crippen molar-refractivity contribution in [3.63, 3.8) is 0 Å². The highest BCUT2D eigenvalue weighted by atomic mass is 19.4. The molecule has 0 bridgehead atoms. The Morgan fingerprint density at radius 2 is 1.93 bits per heavy atom. The van der Waals surface area contributed by atoms with Gasteiger partial charge in [-0.25, -0.2) is 0 Å². The smallest absolute Gasteiger partial charge is 0.445 e.